The summed E-state index contributed by atoms with van der Waals surface area (Å²) >= 11 is 5.79. The Labute approximate surface area is 197 Å². The molecule has 8 nitrogen and oxygen atoms in total. The molecule has 0 aliphatic carbocycles. The second-order valence-electron chi connectivity index (χ2n) is 6.75. The van der Waals surface area contributed by atoms with Gasteiger partial charge in [-0.3, -0.25) is 14.4 Å². The SMILES string of the molecule is CCOC(=O)c1ccc(NC(=O)CCC(=O)OCC(=O)Nc2cc(C(F)(F)F)ccc2Cl)cc1. The van der Waals surface area contributed by atoms with Crippen molar-refractivity contribution >= 4 is 46.7 Å². The van der Waals surface area contributed by atoms with E-state index in [-0.39, 0.29) is 30.2 Å². The zero-order valence-electron chi connectivity index (χ0n) is 17.8. The summed E-state index contributed by atoms with van der Waals surface area (Å²) in [5.74, 6) is -2.78. The van der Waals surface area contributed by atoms with E-state index in [4.69, 9.17) is 21.1 Å². The monoisotopic (exact) mass is 500 g/mol. The Hall–Kier alpha value is -3.60. The number of rotatable bonds is 9. The molecule has 34 heavy (non-hydrogen) atoms. The highest BCUT2D eigenvalue weighted by Gasteiger charge is 2.31. The third-order valence-corrected chi connectivity index (χ3v) is 4.50. The molecule has 182 valence electrons. The van der Waals surface area contributed by atoms with Gasteiger partial charge in [0.25, 0.3) is 5.91 Å². The van der Waals surface area contributed by atoms with Crippen LogP contribution in [-0.2, 0) is 30.0 Å². The fourth-order valence-corrected chi connectivity index (χ4v) is 2.71. The summed E-state index contributed by atoms with van der Waals surface area (Å²) < 4.78 is 47.9. The first kappa shape index (κ1) is 26.7. The molecule has 0 bridgehead atoms. The molecule has 0 radical (unpaired) electrons. The highest BCUT2D eigenvalue weighted by atomic mass is 35.5. The van der Waals surface area contributed by atoms with Crippen molar-refractivity contribution in [3.63, 3.8) is 0 Å². The number of carbonyl (C=O) groups is 4. The molecule has 2 aromatic rings. The lowest BCUT2D eigenvalue weighted by molar-refractivity contribution is -0.147. The number of nitrogens with one attached hydrogen (secondary N) is 2. The summed E-state index contributed by atoms with van der Waals surface area (Å²) in [7, 11) is 0. The van der Waals surface area contributed by atoms with Crippen molar-refractivity contribution in [2.24, 2.45) is 0 Å². The van der Waals surface area contributed by atoms with Crippen LogP contribution in [0.3, 0.4) is 0 Å². The minimum atomic E-state index is -4.62. The van der Waals surface area contributed by atoms with Crippen molar-refractivity contribution in [3.8, 4) is 0 Å². The highest BCUT2D eigenvalue weighted by Crippen LogP contribution is 2.33. The standard InChI is InChI=1S/C22H20ClF3N2O6/c1-2-33-21(32)13-3-6-15(7-4-13)27-18(29)9-10-20(31)34-12-19(30)28-17-11-14(22(24,25)26)5-8-16(17)23/h3-8,11H,2,9-10,12H2,1H3,(H,27,29)(H,28,30). The van der Waals surface area contributed by atoms with Crippen molar-refractivity contribution in [2.75, 3.05) is 23.8 Å². The van der Waals surface area contributed by atoms with E-state index in [0.29, 0.717) is 17.3 Å². The van der Waals surface area contributed by atoms with E-state index >= 15 is 0 Å². The highest BCUT2D eigenvalue weighted by molar-refractivity contribution is 6.33. The minimum absolute atomic E-state index is 0.125. The van der Waals surface area contributed by atoms with Gasteiger partial charge in [0.15, 0.2) is 6.61 Å². The molecule has 0 saturated carbocycles. The van der Waals surface area contributed by atoms with E-state index in [0.717, 1.165) is 12.1 Å². The number of benzene rings is 2. The summed E-state index contributed by atoms with van der Waals surface area (Å²) in [6.07, 6.45) is -5.22. The van der Waals surface area contributed by atoms with E-state index in [9.17, 15) is 32.3 Å². The van der Waals surface area contributed by atoms with Gasteiger partial charge in [-0.15, -0.1) is 0 Å². The molecule has 0 spiro atoms. The number of anilines is 2. The maximum Gasteiger partial charge on any atom is 0.416 e. The quantitative estimate of drug-likeness (QED) is 0.493. The van der Waals surface area contributed by atoms with Crippen LogP contribution in [-0.4, -0.2) is 37.0 Å². The first-order valence-corrected chi connectivity index (χ1v) is 10.3. The summed E-state index contributed by atoms with van der Waals surface area (Å²) in [5.41, 5.74) is -0.589. The average Bonchev–Trinajstić information content (AvgIpc) is 2.77. The molecule has 2 aromatic carbocycles. The molecule has 0 aliphatic heterocycles. The predicted octanol–water partition coefficient (Wildman–Crippen LogP) is 4.44. The van der Waals surface area contributed by atoms with Gasteiger partial charge in [0.05, 0.1) is 34.9 Å². The van der Waals surface area contributed by atoms with Gasteiger partial charge < -0.3 is 20.1 Å². The molecule has 0 aliphatic rings. The van der Waals surface area contributed by atoms with E-state index < -0.39 is 42.1 Å². The van der Waals surface area contributed by atoms with Gasteiger partial charge in [-0.05, 0) is 49.4 Å². The summed E-state index contributed by atoms with van der Waals surface area (Å²) in [6.45, 7) is 1.13. The molecule has 12 heteroatoms. The Bertz CT molecular complexity index is 1060. The molecule has 0 aromatic heterocycles. The van der Waals surface area contributed by atoms with Gasteiger partial charge >= 0.3 is 18.1 Å². The number of hydrogen-bond acceptors (Lipinski definition) is 6. The van der Waals surface area contributed by atoms with Crippen LogP contribution in [0.25, 0.3) is 0 Å². The fourth-order valence-electron chi connectivity index (χ4n) is 2.55. The van der Waals surface area contributed by atoms with Crippen molar-refractivity contribution in [1.82, 2.24) is 0 Å². The minimum Gasteiger partial charge on any atom is -0.462 e. The third-order valence-electron chi connectivity index (χ3n) is 4.17. The molecule has 0 atom stereocenters. The first-order valence-electron chi connectivity index (χ1n) is 9.89. The summed E-state index contributed by atoms with van der Waals surface area (Å²) in [4.78, 5) is 47.2. The number of amides is 2. The Morgan fingerprint density at radius 1 is 0.912 bits per heavy atom. The summed E-state index contributed by atoms with van der Waals surface area (Å²) in [6, 6.07) is 8.32. The van der Waals surface area contributed by atoms with Crippen LogP contribution in [0, 0.1) is 0 Å². The number of halogens is 4. The molecular formula is C22H20ClF3N2O6. The molecule has 0 saturated heterocycles. The van der Waals surface area contributed by atoms with Gasteiger partial charge in [-0.25, -0.2) is 4.79 Å². The van der Waals surface area contributed by atoms with E-state index in [2.05, 4.69) is 10.6 Å². The third kappa shape index (κ3) is 8.39. The number of hydrogen-bond donors (Lipinski definition) is 2. The average molecular weight is 501 g/mol. The number of esters is 2. The van der Waals surface area contributed by atoms with E-state index in [1.54, 1.807) is 6.92 Å². The van der Waals surface area contributed by atoms with Crippen LogP contribution in [0.15, 0.2) is 42.5 Å². The second-order valence-corrected chi connectivity index (χ2v) is 7.15. The van der Waals surface area contributed by atoms with Gasteiger partial charge in [0.1, 0.15) is 0 Å². The van der Waals surface area contributed by atoms with Crippen LogP contribution in [0.1, 0.15) is 35.7 Å². The number of carbonyl (C=O) groups excluding carboxylic acids is 4. The molecule has 0 fully saturated rings. The van der Waals surface area contributed by atoms with Gasteiger partial charge in [0.2, 0.25) is 5.91 Å². The van der Waals surface area contributed by atoms with Crippen molar-refractivity contribution < 1.29 is 41.8 Å². The Morgan fingerprint density at radius 3 is 2.21 bits per heavy atom. The van der Waals surface area contributed by atoms with Crippen LogP contribution in [0.4, 0.5) is 24.5 Å². The van der Waals surface area contributed by atoms with Crippen molar-refractivity contribution in [2.45, 2.75) is 25.9 Å². The lowest BCUT2D eigenvalue weighted by atomic mass is 10.2. The zero-order chi connectivity index (χ0) is 25.3. The fraction of sp³-hybridized carbons (Fsp3) is 0.273. The molecular weight excluding hydrogens is 481 g/mol. The first-order chi connectivity index (χ1) is 16.0. The molecule has 2 rings (SSSR count). The van der Waals surface area contributed by atoms with Crippen molar-refractivity contribution in [1.29, 1.82) is 0 Å². The second kappa shape index (κ2) is 12.0. The van der Waals surface area contributed by atoms with Crippen LogP contribution in [0.2, 0.25) is 5.02 Å². The summed E-state index contributed by atoms with van der Waals surface area (Å²) in [5, 5.41) is 4.54. The van der Waals surface area contributed by atoms with Gasteiger partial charge in [-0.2, -0.15) is 13.2 Å². The Kier molecular flexibility index (Phi) is 9.43. The lowest BCUT2D eigenvalue weighted by Crippen LogP contribution is -2.22. The lowest BCUT2D eigenvalue weighted by Gasteiger charge is -2.12. The molecule has 2 N–H and O–H groups in total. The van der Waals surface area contributed by atoms with Gasteiger partial charge in [0, 0.05) is 12.1 Å². The number of ether oxygens (including phenoxy) is 2. The molecule has 2 amide bonds. The van der Waals surface area contributed by atoms with Gasteiger partial charge in [-0.1, -0.05) is 11.6 Å². The Balaban J connectivity index is 1.76. The zero-order valence-corrected chi connectivity index (χ0v) is 18.6. The maximum atomic E-state index is 12.8. The van der Waals surface area contributed by atoms with Crippen LogP contribution >= 0.6 is 11.6 Å². The predicted molar refractivity (Wildman–Crippen MR) is 116 cm³/mol. The smallest absolute Gasteiger partial charge is 0.416 e. The molecule has 0 unspecified atom stereocenters. The number of alkyl halides is 3. The molecule has 0 heterocycles. The normalized spacial score (nSPS) is 10.9. The topological polar surface area (TPSA) is 111 Å². The van der Waals surface area contributed by atoms with E-state index in [1.165, 1.54) is 24.3 Å². The Morgan fingerprint density at radius 2 is 1.59 bits per heavy atom. The van der Waals surface area contributed by atoms with E-state index in [1.807, 2.05) is 0 Å². The van der Waals surface area contributed by atoms with Crippen LogP contribution < -0.4 is 10.6 Å². The largest absolute Gasteiger partial charge is 0.462 e. The van der Waals surface area contributed by atoms with Crippen molar-refractivity contribution in [3.05, 3.63) is 58.6 Å². The maximum absolute atomic E-state index is 12.8. The van der Waals surface area contributed by atoms with Crippen LogP contribution in [0.5, 0.6) is 0 Å².